The minimum Gasteiger partial charge on any atom is -0.481 e. The number of carboxylic acid groups (broad SMARTS) is 1. The Morgan fingerprint density at radius 2 is 2.31 bits per heavy atom. The van der Waals surface area contributed by atoms with Crippen LogP contribution in [0.1, 0.15) is 26.7 Å². The lowest BCUT2D eigenvalue weighted by molar-refractivity contribution is -0.138. The van der Waals surface area contributed by atoms with Crippen molar-refractivity contribution in [3.63, 3.8) is 0 Å². The third-order valence-corrected chi connectivity index (χ3v) is 1.88. The van der Waals surface area contributed by atoms with E-state index >= 15 is 0 Å². The second-order valence-corrected chi connectivity index (χ2v) is 3.86. The van der Waals surface area contributed by atoms with Gasteiger partial charge in [-0.15, -0.1) is 0 Å². The fraction of sp³-hybridized carbons (Fsp3) is 0.750. The van der Waals surface area contributed by atoms with Crippen LogP contribution in [0.3, 0.4) is 0 Å². The molecule has 0 radical (unpaired) electrons. The maximum Gasteiger partial charge on any atom is 0.305 e. The zero-order chi connectivity index (χ0) is 10.1. The monoisotopic (exact) mass is 186 g/mol. The number of rotatable bonds is 3. The van der Waals surface area contributed by atoms with E-state index in [-0.39, 0.29) is 24.4 Å². The van der Waals surface area contributed by atoms with Crippen molar-refractivity contribution < 1.29 is 14.7 Å². The van der Waals surface area contributed by atoms with Crippen molar-refractivity contribution in [3.8, 4) is 0 Å². The predicted molar refractivity (Wildman–Crippen MR) is 45.8 cm³/mol. The third-order valence-electron chi connectivity index (χ3n) is 1.88. The van der Waals surface area contributed by atoms with Gasteiger partial charge in [0.2, 0.25) is 5.91 Å². The molecule has 1 amide bonds. The van der Waals surface area contributed by atoms with Gasteiger partial charge in [-0.25, -0.2) is 5.43 Å². The van der Waals surface area contributed by atoms with E-state index in [1.54, 1.807) is 0 Å². The predicted octanol–water partition coefficient (Wildman–Crippen LogP) is -0.0234. The summed E-state index contributed by atoms with van der Waals surface area (Å²) in [5.74, 6) is -0.925. The van der Waals surface area contributed by atoms with Gasteiger partial charge in [0.1, 0.15) is 0 Å². The molecule has 5 heteroatoms. The first-order chi connectivity index (χ1) is 5.91. The van der Waals surface area contributed by atoms with E-state index in [0.717, 1.165) is 0 Å². The van der Waals surface area contributed by atoms with Gasteiger partial charge in [-0.1, -0.05) is 0 Å². The first-order valence-corrected chi connectivity index (χ1v) is 4.21. The van der Waals surface area contributed by atoms with Gasteiger partial charge in [-0.3, -0.25) is 14.6 Å². The van der Waals surface area contributed by atoms with Crippen LogP contribution in [0.25, 0.3) is 0 Å². The maximum atomic E-state index is 11.3. The molecule has 1 aliphatic rings. The molecule has 1 saturated heterocycles. The van der Waals surface area contributed by atoms with E-state index in [0.29, 0.717) is 6.42 Å². The van der Waals surface area contributed by atoms with Crippen molar-refractivity contribution in [2.24, 2.45) is 0 Å². The normalized spacial score (nSPS) is 20.8. The molecule has 0 unspecified atom stereocenters. The van der Waals surface area contributed by atoms with Gasteiger partial charge < -0.3 is 5.11 Å². The van der Waals surface area contributed by atoms with Crippen LogP contribution < -0.4 is 5.43 Å². The summed E-state index contributed by atoms with van der Waals surface area (Å²) >= 11 is 0. The molecule has 1 heterocycles. The van der Waals surface area contributed by atoms with Crippen molar-refractivity contribution in [3.05, 3.63) is 0 Å². The number of amides is 1. The SMILES string of the molecule is CC1(C)CC(=O)N(CCC(=O)O)N1. The van der Waals surface area contributed by atoms with Crippen molar-refractivity contribution in [2.75, 3.05) is 6.54 Å². The molecule has 2 N–H and O–H groups in total. The van der Waals surface area contributed by atoms with Crippen LogP contribution in [0.2, 0.25) is 0 Å². The molecule has 0 atom stereocenters. The van der Waals surface area contributed by atoms with Crippen molar-refractivity contribution in [1.82, 2.24) is 10.4 Å². The average molecular weight is 186 g/mol. The highest BCUT2D eigenvalue weighted by atomic mass is 16.4. The molecule has 0 spiro atoms. The quantitative estimate of drug-likeness (QED) is 0.649. The number of hydrogen-bond acceptors (Lipinski definition) is 3. The molecular weight excluding hydrogens is 172 g/mol. The number of hydrogen-bond donors (Lipinski definition) is 2. The molecule has 0 aromatic rings. The Morgan fingerprint density at radius 3 is 2.69 bits per heavy atom. The summed E-state index contributed by atoms with van der Waals surface area (Å²) in [5, 5.41) is 9.81. The summed E-state index contributed by atoms with van der Waals surface area (Å²) in [6.07, 6.45) is 0.404. The Bertz CT molecular complexity index is 238. The molecule has 5 nitrogen and oxygen atoms in total. The van der Waals surface area contributed by atoms with Gasteiger partial charge in [0.05, 0.1) is 6.42 Å². The van der Waals surface area contributed by atoms with Gasteiger partial charge in [-0.05, 0) is 13.8 Å². The summed E-state index contributed by atoms with van der Waals surface area (Å²) in [6, 6.07) is 0. The van der Waals surface area contributed by atoms with Crippen molar-refractivity contribution >= 4 is 11.9 Å². The Balaban J connectivity index is 2.44. The third kappa shape index (κ3) is 2.69. The van der Waals surface area contributed by atoms with Crippen molar-refractivity contribution in [1.29, 1.82) is 0 Å². The summed E-state index contributed by atoms with van der Waals surface area (Å²) < 4.78 is 0. The van der Waals surface area contributed by atoms with E-state index in [1.807, 2.05) is 13.8 Å². The second-order valence-electron chi connectivity index (χ2n) is 3.86. The van der Waals surface area contributed by atoms with E-state index in [2.05, 4.69) is 5.43 Å². The van der Waals surface area contributed by atoms with E-state index in [9.17, 15) is 9.59 Å². The fourth-order valence-electron chi connectivity index (χ4n) is 1.33. The Labute approximate surface area is 76.7 Å². The van der Waals surface area contributed by atoms with Gasteiger partial charge in [0.25, 0.3) is 0 Å². The maximum absolute atomic E-state index is 11.3. The molecule has 0 bridgehead atoms. The zero-order valence-electron chi connectivity index (χ0n) is 7.83. The Morgan fingerprint density at radius 1 is 1.69 bits per heavy atom. The molecule has 0 aromatic heterocycles. The number of carbonyl (C=O) groups is 2. The topological polar surface area (TPSA) is 69.6 Å². The van der Waals surface area contributed by atoms with Gasteiger partial charge in [0.15, 0.2) is 0 Å². The summed E-state index contributed by atoms with van der Waals surface area (Å²) in [7, 11) is 0. The molecule has 74 valence electrons. The van der Waals surface area contributed by atoms with Crippen LogP contribution in [0, 0.1) is 0 Å². The molecule has 0 aliphatic carbocycles. The number of carbonyl (C=O) groups excluding carboxylic acids is 1. The number of nitrogens with zero attached hydrogens (tertiary/aromatic N) is 1. The van der Waals surface area contributed by atoms with E-state index in [4.69, 9.17) is 5.11 Å². The average Bonchev–Trinajstić information content (AvgIpc) is 2.20. The standard InChI is InChI=1S/C8H14N2O3/c1-8(2)5-6(11)10(9-8)4-3-7(12)13/h9H,3-5H2,1-2H3,(H,12,13). The summed E-state index contributed by atoms with van der Waals surface area (Å²) in [5.41, 5.74) is 2.72. The number of nitrogens with one attached hydrogen (secondary N) is 1. The lowest BCUT2D eigenvalue weighted by atomic mass is 10.0. The molecule has 13 heavy (non-hydrogen) atoms. The largest absolute Gasteiger partial charge is 0.481 e. The lowest BCUT2D eigenvalue weighted by Crippen LogP contribution is -2.43. The molecule has 1 fully saturated rings. The van der Waals surface area contributed by atoms with Crippen LogP contribution in [0.4, 0.5) is 0 Å². The van der Waals surface area contributed by atoms with Crippen LogP contribution in [0.5, 0.6) is 0 Å². The minimum absolute atomic E-state index is 0.0190. The van der Waals surface area contributed by atoms with Gasteiger partial charge in [0, 0.05) is 18.5 Å². The number of aliphatic carboxylic acids is 1. The molecule has 0 saturated carbocycles. The van der Waals surface area contributed by atoms with Crippen LogP contribution in [-0.2, 0) is 9.59 Å². The number of carboxylic acids is 1. The van der Waals surface area contributed by atoms with Gasteiger partial charge in [-0.2, -0.15) is 0 Å². The first kappa shape index (κ1) is 9.98. The highest BCUT2D eigenvalue weighted by Gasteiger charge is 2.34. The minimum atomic E-state index is -0.890. The first-order valence-electron chi connectivity index (χ1n) is 4.21. The highest BCUT2D eigenvalue weighted by molar-refractivity contribution is 5.79. The second kappa shape index (κ2) is 3.33. The van der Waals surface area contributed by atoms with E-state index < -0.39 is 5.97 Å². The number of hydrazine groups is 1. The molecule has 1 aliphatic heterocycles. The smallest absolute Gasteiger partial charge is 0.305 e. The molecular formula is C8H14N2O3. The van der Waals surface area contributed by atoms with Crippen LogP contribution in [-0.4, -0.2) is 34.1 Å². The Kier molecular flexibility index (Phi) is 2.56. The van der Waals surface area contributed by atoms with Gasteiger partial charge >= 0.3 is 5.97 Å². The van der Waals surface area contributed by atoms with Crippen molar-refractivity contribution in [2.45, 2.75) is 32.2 Å². The summed E-state index contributed by atoms with van der Waals surface area (Å²) in [4.78, 5) is 21.5. The highest BCUT2D eigenvalue weighted by Crippen LogP contribution is 2.18. The summed E-state index contributed by atoms with van der Waals surface area (Å²) in [6.45, 7) is 4.05. The zero-order valence-corrected chi connectivity index (χ0v) is 7.83. The van der Waals surface area contributed by atoms with Crippen LogP contribution in [0.15, 0.2) is 0 Å². The van der Waals surface area contributed by atoms with Crippen LogP contribution >= 0.6 is 0 Å². The lowest BCUT2D eigenvalue weighted by Gasteiger charge is -2.20. The molecule has 1 rings (SSSR count). The van der Waals surface area contributed by atoms with E-state index in [1.165, 1.54) is 5.01 Å². The Hall–Kier alpha value is -1.10. The fourth-order valence-corrected chi connectivity index (χ4v) is 1.33. The molecule has 0 aromatic carbocycles.